The van der Waals surface area contributed by atoms with Crippen molar-refractivity contribution in [1.82, 2.24) is 4.98 Å². The van der Waals surface area contributed by atoms with E-state index in [0.717, 1.165) is 46.1 Å². The minimum Gasteiger partial charge on any atom is -0.388 e. The molecular weight excluding hydrogens is 306 g/mol. The van der Waals surface area contributed by atoms with E-state index < -0.39 is 0 Å². The van der Waals surface area contributed by atoms with Crippen molar-refractivity contribution in [1.29, 1.82) is 0 Å². The number of fused-ring (bicyclic) bond motifs is 1. The van der Waals surface area contributed by atoms with E-state index in [1.807, 2.05) is 48.5 Å². The minimum absolute atomic E-state index is 0.385. The molecule has 0 bridgehead atoms. The molecule has 1 atom stereocenters. The molecule has 0 radical (unpaired) electrons. The number of rotatable bonds is 7. The number of hydrogen-bond acceptors (Lipinski definition) is 2. The number of aromatic nitrogens is 1. The van der Waals surface area contributed by atoms with Crippen molar-refractivity contribution in [2.75, 3.05) is 0 Å². The summed E-state index contributed by atoms with van der Waals surface area (Å²) in [5.74, 6) is 0. The Morgan fingerprint density at radius 1 is 1.08 bits per heavy atom. The molecule has 128 valence electrons. The van der Waals surface area contributed by atoms with Crippen LogP contribution in [0.2, 0.25) is 0 Å². The van der Waals surface area contributed by atoms with Gasteiger partial charge in [-0.15, -0.1) is 0 Å². The van der Waals surface area contributed by atoms with E-state index in [-0.39, 0.29) is 6.10 Å². The molecule has 1 unspecified atom stereocenters. The summed E-state index contributed by atoms with van der Waals surface area (Å²) in [6, 6.07) is 18.3. The van der Waals surface area contributed by atoms with Crippen LogP contribution < -0.4 is 0 Å². The van der Waals surface area contributed by atoms with E-state index in [1.54, 1.807) is 0 Å². The summed E-state index contributed by atoms with van der Waals surface area (Å²) in [5.41, 5.74) is 4.95. The van der Waals surface area contributed by atoms with Crippen molar-refractivity contribution in [3.8, 4) is 11.3 Å². The van der Waals surface area contributed by atoms with Crippen molar-refractivity contribution in [3.05, 3.63) is 72.3 Å². The fraction of sp³-hybridized carbons (Fsp3) is 0.261. The maximum absolute atomic E-state index is 10.3. The summed E-state index contributed by atoms with van der Waals surface area (Å²) in [6.45, 7) is 6.11. The lowest BCUT2D eigenvalue weighted by Crippen LogP contribution is -1.98. The van der Waals surface area contributed by atoms with Crippen LogP contribution in [-0.4, -0.2) is 10.1 Å². The summed E-state index contributed by atoms with van der Waals surface area (Å²) in [7, 11) is 0. The molecule has 0 aliphatic heterocycles. The Kier molecular flexibility index (Phi) is 5.62. The zero-order valence-electron chi connectivity index (χ0n) is 14.8. The number of unbranched alkanes of at least 4 members (excludes halogenated alkanes) is 2. The number of benzene rings is 2. The number of para-hydroxylation sites is 1. The topological polar surface area (TPSA) is 33.1 Å². The van der Waals surface area contributed by atoms with E-state index in [0.29, 0.717) is 0 Å². The molecule has 0 aliphatic rings. The smallest absolute Gasteiger partial charge is 0.0790 e. The summed E-state index contributed by atoms with van der Waals surface area (Å²) in [4.78, 5) is 4.82. The number of aliphatic hydroxyl groups excluding tert-OH is 1. The lowest BCUT2D eigenvalue weighted by molar-refractivity contribution is 0.163. The van der Waals surface area contributed by atoms with Gasteiger partial charge in [0.2, 0.25) is 0 Å². The van der Waals surface area contributed by atoms with Gasteiger partial charge in [0.25, 0.3) is 0 Å². The zero-order chi connectivity index (χ0) is 17.6. The molecule has 0 saturated carbocycles. The summed E-state index contributed by atoms with van der Waals surface area (Å²) >= 11 is 0. The third kappa shape index (κ3) is 3.97. The Morgan fingerprint density at radius 2 is 1.84 bits per heavy atom. The monoisotopic (exact) mass is 331 g/mol. The summed E-state index contributed by atoms with van der Waals surface area (Å²) < 4.78 is 0. The maximum atomic E-state index is 10.3. The first-order chi connectivity index (χ1) is 12.2. The van der Waals surface area contributed by atoms with Crippen molar-refractivity contribution in [2.24, 2.45) is 0 Å². The predicted molar refractivity (Wildman–Crippen MR) is 106 cm³/mol. The molecule has 0 fully saturated rings. The highest BCUT2D eigenvalue weighted by Gasteiger charge is 2.10. The molecule has 1 heterocycles. The molecule has 0 aliphatic carbocycles. The molecule has 1 N–H and O–H groups in total. The second-order valence-corrected chi connectivity index (χ2v) is 6.46. The fourth-order valence-corrected chi connectivity index (χ4v) is 3.14. The Morgan fingerprint density at radius 3 is 2.56 bits per heavy atom. The predicted octanol–water partition coefficient (Wildman–Crippen LogP) is 6.16. The van der Waals surface area contributed by atoms with E-state index in [4.69, 9.17) is 4.98 Å². The second-order valence-electron chi connectivity index (χ2n) is 6.46. The van der Waals surface area contributed by atoms with Gasteiger partial charge in [-0.2, -0.15) is 0 Å². The molecule has 1 aromatic heterocycles. The van der Waals surface area contributed by atoms with Gasteiger partial charge in [-0.1, -0.05) is 81.3 Å². The van der Waals surface area contributed by atoms with Crippen molar-refractivity contribution in [3.63, 3.8) is 0 Å². The molecule has 0 spiro atoms. The Balaban J connectivity index is 1.89. The highest BCUT2D eigenvalue weighted by Crippen LogP contribution is 2.28. The Bertz CT molecular complexity index is 852. The fourth-order valence-electron chi connectivity index (χ4n) is 3.14. The average molecular weight is 331 g/mol. The molecule has 0 amide bonds. The van der Waals surface area contributed by atoms with Crippen LogP contribution in [-0.2, 0) is 0 Å². The maximum Gasteiger partial charge on any atom is 0.0790 e. The van der Waals surface area contributed by atoms with Crippen LogP contribution in [0.4, 0.5) is 0 Å². The van der Waals surface area contributed by atoms with Crippen LogP contribution >= 0.6 is 0 Å². The molecule has 2 aromatic carbocycles. The molecule has 2 nitrogen and oxygen atoms in total. The van der Waals surface area contributed by atoms with E-state index in [2.05, 4.69) is 25.6 Å². The van der Waals surface area contributed by atoms with Gasteiger partial charge in [0.05, 0.1) is 17.3 Å². The highest BCUT2D eigenvalue weighted by atomic mass is 16.3. The molecule has 3 aromatic rings. The molecular formula is C23H25NO. The molecule has 0 saturated heterocycles. The van der Waals surface area contributed by atoms with Gasteiger partial charge in [0, 0.05) is 16.5 Å². The number of nitrogens with zero attached hydrogens (tertiary/aromatic N) is 1. The van der Waals surface area contributed by atoms with Crippen LogP contribution in [0.25, 0.3) is 28.2 Å². The first-order valence-corrected chi connectivity index (χ1v) is 9.03. The third-order valence-corrected chi connectivity index (χ3v) is 4.62. The summed E-state index contributed by atoms with van der Waals surface area (Å²) in [6.07, 6.45) is 5.68. The van der Waals surface area contributed by atoms with Gasteiger partial charge in [-0.05, 0) is 24.1 Å². The highest BCUT2D eigenvalue weighted by molar-refractivity contribution is 5.86. The summed E-state index contributed by atoms with van der Waals surface area (Å²) in [5, 5.41) is 11.4. The minimum atomic E-state index is -0.385. The lowest BCUT2D eigenvalue weighted by atomic mass is 9.98. The average Bonchev–Trinajstić information content (AvgIpc) is 2.67. The van der Waals surface area contributed by atoms with Crippen molar-refractivity contribution < 1.29 is 5.11 Å². The van der Waals surface area contributed by atoms with Crippen LogP contribution in [0.15, 0.2) is 61.2 Å². The normalized spacial score (nSPS) is 12.2. The SMILES string of the molecule is C=Cc1cc2ccccc2nc1-c1ccc(C(O)CCCCC)cc1. The standard InChI is InChI=1S/C23H25NO/c1-3-5-6-11-22(25)18-12-14-19(15-13-18)23-17(4-2)16-20-9-7-8-10-21(20)24-23/h4,7-10,12-16,22,25H,2-3,5-6,11H2,1H3. The van der Waals surface area contributed by atoms with E-state index in [9.17, 15) is 5.11 Å². The second kappa shape index (κ2) is 8.09. The van der Waals surface area contributed by atoms with Crippen molar-refractivity contribution in [2.45, 2.75) is 38.7 Å². The van der Waals surface area contributed by atoms with Gasteiger partial charge < -0.3 is 5.11 Å². The number of hydrogen-bond donors (Lipinski definition) is 1. The van der Waals surface area contributed by atoms with Crippen molar-refractivity contribution >= 4 is 17.0 Å². The Labute approximate surface area is 149 Å². The third-order valence-electron chi connectivity index (χ3n) is 4.62. The van der Waals surface area contributed by atoms with Crippen LogP contribution in [0, 0.1) is 0 Å². The van der Waals surface area contributed by atoms with Gasteiger partial charge in [0.1, 0.15) is 0 Å². The number of aliphatic hydroxyl groups is 1. The molecule has 2 heteroatoms. The Hall–Kier alpha value is -2.45. The van der Waals surface area contributed by atoms with Gasteiger partial charge in [-0.25, -0.2) is 4.98 Å². The van der Waals surface area contributed by atoms with Gasteiger partial charge in [0.15, 0.2) is 0 Å². The zero-order valence-corrected chi connectivity index (χ0v) is 14.8. The molecule has 25 heavy (non-hydrogen) atoms. The largest absolute Gasteiger partial charge is 0.388 e. The quantitative estimate of drug-likeness (QED) is 0.526. The lowest BCUT2D eigenvalue weighted by Gasteiger charge is -2.12. The van der Waals surface area contributed by atoms with Crippen LogP contribution in [0.5, 0.6) is 0 Å². The van der Waals surface area contributed by atoms with E-state index in [1.165, 1.54) is 12.8 Å². The van der Waals surface area contributed by atoms with Crippen LogP contribution in [0.3, 0.4) is 0 Å². The first-order valence-electron chi connectivity index (χ1n) is 9.03. The molecule has 3 rings (SSSR count). The first kappa shape index (κ1) is 17.4. The van der Waals surface area contributed by atoms with E-state index >= 15 is 0 Å². The van der Waals surface area contributed by atoms with Gasteiger partial charge >= 0.3 is 0 Å². The number of pyridine rings is 1. The van der Waals surface area contributed by atoms with Crippen LogP contribution in [0.1, 0.15) is 49.8 Å². The van der Waals surface area contributed by atoms with Gasteiger partial charge in [-0.3, -0.25) is 0 Å².